The van der Waals surface area contributed by atoms with E-state index in [1.165, 1.54) is 0 Å². The van der Waals surface area contributed by atoms with Crippen molar-refractivity contribution in [2.24, 2.45) is 0 Å². The van der Waals surface area contributed by atoms with Crippen LogP contribution in [-0.4, -0.2) is 11.1 Å². The van der Waals surface area contributed by atoms with Gasteiger partial charge in [-0.1, -0.05) is 41.4 Å². The molecule has 0 bridgehead atoms. The molecular weight excluding hydrogens is 405 g/mol. The van der Waals surface area contributed by atoms with Crippen LogP contribution in [0.2, 0.25) is 10.0 Å². The summed E-state index contributed by atoms with van der Waals surface area (Å²) >= 11 is 12.9. The number of para-hydroxylation sites is 1. The molecule has 27 heavy (non-hydrogen) atoms. The Morgan fingerprint density at radius 1 is 0.926 bits per heavy atom. The number of hydrogen-bond acceptors (Lipinski definition) is 4. The van der Waals surface area contributed by atoms with Crippen LogP contribution in [0, 0.1) is 0 Å². The summed E-state index contributed by atoms with van der Waals surface area (Å²) in [5.41, 5.74) is 1.31. The van der Waals surface area contributed by atoms with E-state index in [-0.39, 0.29) is 11.1 Å². The molecule has 0 aliphatic carbocycles. The number of carbonyl (C=O) groups is 2. The molecule has 0 N–H and O–H groups in total. The Balaban J connectivity index is 1.61. The molecule has 3 aromatic rings. The Hall–Kier alpha value is -2.47. The fraction of sp³-hybridized carbons (Fsp3) is 0. The zero-order valence-electron chi connectivity index (χ0n) is 13.7. The average molecular weight is 416 g/mol. The highest BCUT2D eigenvalue weighted by Gasteiger charge is 2.36. The van der Waals surface area contributed by atoms with Crippen LogP contribution in [0.5, 0.6) is 0 Å². The van der Waals surface area contributed by atoms with Gasteiger partial charge in [0, 0.05) is 11.6 Å². The lowest BCUT2D eigenvalue weighted by atomic mass is 10.2. The summed E-state index contributed by atoms with van der Waals surface area (Å²) in [6.07, 6.45) is 1.56. The van der Waals surface area contributed by atoms with Gasteiger partial charge in [0.15, 0.2) is 0 Å². The van der Waals surface area contributed by atoms with E-state index in [9.17, 15) is 9.59 Å². The van der Waals surface area contributed by atoms with Crippen LogP contribution in [0.4, 0.5) is 10.5 Å². The summed E-state index contributed by atoms with van der Waals surface area (Å²) in [7, 11) is 0. The molecule has 0 unspecified atom stereocenters. The first kappa shape index (κ1) is 17.9. The number of nitrogens with zero attached hydrogens (tertiary/aromatic N) is 1. The van der Waals surface area contributed by atoms with Gasteiger partial charge in [-0.05, 0) is 54.2 Å². The van der Waals surface area contributed by atoms with Gasteiger partial charge in [-0.3, -0.25) is 9.59 Å². The van der Waals surface area contributed by atoms with E-state index in [1.807, 2.05) is 6.07 Å². The molecule has 1 fully saturated rings. The smallest absolute Gasteiger partial charge is 0.298 e. The SMILES string of the molecule is O=C1S/C(=C/c2ccc(-c3ccc(Cl)c(Cl)c3)o2)C(=O)N1c1ccccc1. The zero-order chi connectivity index (χ0) is 19.0. The molecule has 2 aromatic carbocycles. The molecule has 4 nitrogen and oxygen atoms in total. The monoisotopic (exact) mass is 415 g/mol. The maximum Gasteiger partial charge on any atom is 0.298 e. The highest BCUT2D eigenvalue weighted by Crippen LogP contribution is 2.36. The summed E-state index contributed by atoms with van der Waals surface area (Å²) < 4.78 is 5.78. The van der Waals surface area contributed by atoms with E-state index < -0.39 is 0 Å². The number of rotatable bonds is 3. The minimum atomic E-state index is -0.372. The average Bonchev–Trinajstić information content (AvgIpc) is 3.23. The lowest BCUT2D eigenvalue weighted by Crippen LogP contribution is -2.27. The first-order valence-corrected chi connectivity index (χ1v) is 9.48. The van der Waals surface area contributed by atoms with Crippen LogP contribution in [-0.2, 0) is 4.79 Å². The number of imide groups is 1. The second kappa shape index (κ2) is 7.27. The second-order valence-corrected chi connectivity index (χ2v) is 7.49. The van der Waals surface area contributed by atoms with Crippen LogP contribution >= 0.6 is 35.0 Å². The van der Waals surface area contributed by atoms with Crippen molar-refractivity contribution in [3.63, 3.8) is 0 Å². The van der Waals surface area contributed by atoms with Crippen molar-refractivity contribution in [1.29, 1.82) is 0 Å². The molecule has 4 rings (SSSR count). The number of carbonyl (C=O) groups excluding carboxylic acids is 2. The normalized spacial score (nSPS) is 15.8. The van der Waals surface area contributed by atoms with Gasteiger partial charge in [0.1, 0.15) is 11.5 Å². The van der Waals surface area contributed by atoms with Crippen molar-refractivity contribution < 1.29 is 14.0 Å². The van der Waals surface area contributed by atoms with Crippen molar-refractivity contribution in [3.8, 4) is 11.3 Å². The Labute approximate surface area is 169 Å². The Morgan fingerprint density at radius 2 is 1.70 bits per heavy atom. The van der Waals surface area contributed by atoms with E-state index in [2.05, 4.69) is 0 Å². The molecule has 0 atom stereocenters. The predicted molar refractivity (Wildman–Crippen MR) is 109 cm³/mol. The van der Waals surface area contributed by atoms with Gasteiger partial charge in [-0.2, -0.15) is 0 Å². The fourth-order valence-electron chi connectivity index (χ4n) is 2.63. The van der Waals surface area contributed by atoms with Gasteiger partial charge in [-0.25, -0.2) is 4.90 Å². The van der Waals surface area contributed by atoms with Gasteiger partial charge in [0.2, 0.25) is 0 Å². The summed E-state index contributed by atoms with van der Waals surface area (Å²) in [4.78, 5) is 26.3. The zero-order valence-corrected chi connectivity index (χ0v) is 16.0. The molecule has 0 spiro atoms. The molecule has 1 aliphatic heterocycles. The molecule has 1 saturated heterocycles. The van der Waals surface area contributed by atoms with Crippen molar-refractivity contribution >= 4 is 57.9 Å². The predicted octanol–water partition coefficient (Wildman–Crippen LogP) is 6.49. The van der Waals surface area contributed by atoms with Crippen LogP contribution in [0.15, 0.2) is 70.0 Å². The highest BCUT2D eigenvalue weighted by atomic mass is 35.5. The minimum absolute atomic E-state index is 0.305. The molecular formula is C20H11Cl2NO3S. The van der Waals surface area contributed by atoms with Crippen LogP contribution in [0.3, 0.4) is 0 Å². The third-order valence-electron chi connectivity index (χ3n) is 3.91. The number of benzene rings is 2. The topological polar surface area (TPSA) is 50.5 Å². The van der Waals surface area contributed by atoms with Crippen molar-refractivity contribution in [2.75, 3.05) is 4.90 Å². The van der Waals surface area contributed by atoms with E-state index >= 15 is 0 Å². The minimum Gasteiger partial charge on any atom is -0.457 e. The van der Waals surface area contributed by atoms with Gasteiger partial charge in [0.05, 0.1) is 20.6 Å². The quantitative estimate of drug-likeness (QED) is 0.458. The number of anilines is 1. The van der Waals surface area contributed by atoms with Gasteiger partial charge in [-0.15, -0.1) is 0 Å². The van der Waals surface area contributed by atoms with Crippen LogP contribution in [0.25, 0.3) is 17.4 Å². The van der Waals surface area contributed by atoms with Crippen LogP contribution in [0.1, 0.15) is 5.76 Å². The summed E-state index contributed by atoms with van der Waals surface area (Å²) in [5, 5.41) is 0.548. The van der Waals surface area contributed by atoms with E-state index in [1.54, 1.807) is 60.7 Å². The maximum absolute atomic E-state index is 12.6. The third-order valence-corrected chi connectivity index (χ3v) is 5.52. The van der Waals surface area contributed by atoms with Gasteiger partial charge < -0.3 is 4.42 Å². The second-order valence-electron chi connectivity index (χ2n) is 5.68. The van der Waals surface area contributed by atoms with E-state index in [0.29, 0.717) is 32.2 Å². The molecule has 1 aromatic heterocycles. The molecule has 0 radical (unpaired) electrons. The fourth-order valence-corrected chi connectivity index (χ4v) is 3.75. The molecule has 2 heterocycles. The highest BCUT2D eigenvalue weighted by molar-refractivity contribution is 8.19. The number of halogens is 2. The standard InChI is InChI=1S/C20H11Cl2NO3S/c21-15-8-6-12(10-16(15)22)17-9-7-14(26-17)11-18-19(24)23(20(25)27-18)13-4-2-1-3-5-13/h1-11H/b18-11+. The lowest BCUT2D eigenvalue weighted by Gasteiger charge is -2.11. The summed E-state index contributed by atoms with van der Waals surface area (Å²) in [6, 6.07) is 17.5. The van der Waals surface area contributed by atoms with E-state index in [0.717, 1.165) is 22.2 Å². The largest absolute Gasteiger partial charge is 0.457 e. The molecule has 1 aliphatic rings. The van der Waals surface area contributed by atoms with E-state index in [4.69, 9.17) is 27.6 Å². The number of amides is 2. The molecule has 7 heteroatoms. The lowest BCUT2D eigenvalue weighted by molar-refractivity contribution is -0.113. The molecule has 134 valence electrons. The number of furan rings is 1. The van der Waals surface area contributed by atoms with Crippen molar-refractivity contribution in [3.05, 3.63) is 81.4 Å². The Morgan fingerprint density at radius 3 is 2.44 bits per heavy atom. The molecule has 2 amide bonds. The third kappa shape index (κ3) is 3.54. The van der Waals surface area contributed by atoms with Crippen molar-refractivity contribution in [2.45, 2.75) is 0 Å². The van der Waals surface area contributed by atoms with Gasteiger partial charge in [0.25, 0.3) is 11.1 Å². The first-order valence-electron chi connectivity index (χ1n) is 7.91. The van der Waals surface area contributed by atoms with Crippen molar-refractivity contribution in [1.82, 2.24) is 0 Å². The van der Waals surface area contributed by atoms with Gasteiger partial charge >= 0.3 is 0 Å². The number of thioether (sulfide) groups is 1. The summed E-state index contributed by atoms with van der Waals surface area (Å²) in [6.45, 7) is 0. The first-order chi connectivity index (χ1) is 13.0. The Bertz CT molecular complexity index is 1080. The number of hydrogen-bond donors (Lipinski definition) is 0. The maximum atomic E-state index is 12.6. The molecule has 0 saturated carbocycles. The Kier molecular flexibility index (Phi) is 4.83. The van der Waals surface area contributed by atoms with Crippen LogP contribution < -0.4 is 4.90 Å². The summed E-state index contributed by atoms with van der Waals surface area (Å²) in [5.74, 6) is 0.681.